The summed E-state index contributed by atoms with van der Waals surface area (Å²) in [5.74, 6) is -1.17. The number of nitro benzene ring substituents is 1. The first-order chi connectivity index (χ1) is 23.2. The fraction of sp³-hybridized carbons (Fsp3) is 0.0789. The molecule has 1 atom stereocenters. The molecular weight excluding hydrogens is 625 g/mol. The van der Waals surface area contributed by atoms with Gasteiger partial charge in [0.15, 0.2) is 0 Å². The molecule has 0 heterocycles. The van der Waals surface area contributed by atoms with Crippen LogP contribution >= 0.6 is 11.8 Å². The topological polar surface area (TPSA) is 130 Å². The van der Waals surface area contributed by atoms with Crippen molar-refractivity contribution in [3.05, 3.63) is 160 Å². The molecule has 0 aliphatic heterocycles. The summed E-state index contributed by atoms with van der Waals surface area (Å²) in [4.78, 5) is 50.7. The molecule has 0 saturated heterocycles. The molecule has 0 fully saturated rings. The molecule has 3 N–H and O–H groups in total. The standard InChI is InChI=1S/C38H32N4O5S/c1-25-23-32(42(46)47)19-22-34(25)40-36(43)26(2)48-33-20-17-31(18-21-33)39-38(45)35(41-37(44)30-11-7-4-8-12-30)24-27-13-15-29(16-14-27)28-9-5-3-6-10-28/h3-24,26H,1-2H3,(H,39,45)(H,40,43)(H,41,44)/b35-24-. The van der Waals surface area contributed by atoms with E-state index in [1.807, 2.05) is 60.7 Å². The first-order valence-corrected chi connectivity index (χ1v) is 15.9. The first-order valence-electron chi connectivity index (χ1n) is 15.0. The van der Waals surface area contributed by atoms with Crippen LogP contribution in [0.25, 0.3) is 17.2 Å². The number of rotatable bonds is 11. The Morgan fingerprint density at radius 1 is 0.771 bits per heavy atom. The number of benzene rings is 5. The van der Waals surface area contributed by atoms with E-state index in [1.165, 1.54) is 30.0 Å². The fourth-order valence-electron chi connectivity index (χ4n) is 4.72. The van der Waals surface area contributed by atoms with Crippen molar-refractivity contribution in [1.29, 1.82) is 0 Å². The zero-order valence-electron chi connectivity index (χ0n) is 26.2. The second-order valence-corrected chi connectivity index (χ2v) is 12.3. The molecule has 240 valence electrons. The average Bonchev–Trinajstić information content (AvgIpc) is 3.10. The summed E-state index contributed by atoms with van der Waals surface area (Å²) >= 11 is 1.32. The van der Waals surface area contributed by atoms with E-state index < -0.39 is 22.0 Å². The molecule has 9 nitrogen and oxygen atoms in total. The first kappa shape index (κ1) is 33.4. The van der Waals surface area contributed by atoms with Crippen molar-refractivity contribution < 1.29 is 19.3 Å². The number of non-ortho nitro benzene ring substituents is 1. The van der Waals surface area contributed by atoms with E-state index in [0.29, 0.717) is 22.5 Å². The van der Waals surface area contributed by atoms with Crippen LogP contribution in [-0.4, -0.2) is 27.9 Å². The minimum atomic E-state index is -0.502. The molecule has 5 aromatic rings. The molecule has 5 rings (SSSR count). The van der Waals surface area contributed by atoms with Gasteiger partial charge in [-0.15, -0.1) is 11.8 Å². The van der Waals surface area contributed by atoms with E-state index >= 15 is 0 Å². The molecule has 5 aromatic carbocycles. The molecule has 3 amide bonds. The lowest BCUT2D eigenvalue weighted by molar-refractivity contribution is -0.384. The summed E-state index contributed by atoms with van der Waals surface area (Å²) in [6.07, 6.45) is 1.63. The van der Waals surface area contributed by atoms with Gasteiger partial charge in [0.05, 0.1) is 10.2 Å². The third-order valence-corrected chi connectivity index (χ3v) is 8.44. The maximum Gasteiger partial charge on any atom is 0.272 e. The SMILES string of the molecule is Cc1cc([N+](=O)[O-])ccc1NC(=O)C(C)Sc1ccc(NC(=O)/C(=C/c2ccc(-c3ccccc3)cc2)NC(=O)c2ccccc2)cc1. The van der Waals surface area contributed by atoms with Crippen molar-refractivity contribution in [3.8, 4) is 11.1 Å². The van der Waals surface area contributed by atoms with Crippen molar-refractivity contribution in [2.75, 3.05) is 10.6 Å². The number of nitro groups is 1. The van der Waals surface area contributed by atoms with Crippen LogP contribution in [0.2, 0.25) is 0 Å². The van der Waals surface area contributed by atoms with E-state index in [-0.39, 0.29) is 17.3 Å². The van der Waals surface area contributed by atoms with Crippen LogP contribution in [0.15, 0.2) is 138 Å². The van der Waals surface area contributed by atoms with Gasteiger partial charge in [0.2, 0.25) is 5.91 Å². The quantitative estimate of drug-likeness (QED) is 0.0570. The highest BCUT2D eigenvalue weighted by atomic mass is 32.2. The van der Waals surface area contributed by atoms with Gasteiger partial charge in [0.25, 0.3) is 17.5 Å². The largest absolute Gasteiger partial charge is 0.325 e. The number of anilines is 2. The van der Waals surface area contributed by atoms with Gasteiger partial charge in [-0.25, -0.2) is 0 Å². The second kappa shape index (κ2) is 15.5. The van der Waals surface area contributed by atoms with Gasteiger partial charge in [-0.1, -0.05) is 72.8 Å². The lowest BCUT2D eigenvalue weighted by Crippen LogP contribution is -2.30. The second-order valence-electron chi connectivity index (χ2n) is 10.9. The van der Waals surface area contributed by atoms with Crippen LogP contribution in [0.4, 0.5) is 17.1 Å². The van der Waals surface area contributed by atoms with E-state index in [4.69, 9.17) is 0 Å². The Balaban J connectivity index is 1.26. The maximum absolute atomic E-state index is 13.5. The Morgan fingerprint density at radius 3 is 2.02 bits per heavy atom. The molecule has 10 heteroatoms. The Labute approximate surface area is 282 Å². The third kappa shape index (κ3) is 8.83. The lowest BCUT2D eigenvalue weighted by Gasteiger charge is -2.14. The monoisotopic (exact) mass is 656 g/mol. The van der Waals surface area contributed by atoms with Crippen molar-refractivity contribution in [3.63, 3.8) is 0 Å². The Kier molecular flexibility index (Phi) is 10.8. The highest BCUT2D eigenvalue weighted by molar-refractivity contribution is 8.00. The summed E-state index contributed by atoms with van der Waals surface area (Å²) < 4.78 is 0. The average molecular weight is 657 g/mol. The minimum absolute atomic E-state index is 0.0428. The molecule has 0 spiro atoms. The molecule has 0 radical (unpaired) electrons. The molecule has 0 saturated carbocycles. The summed E-state index contributed by atoms with van der Waals surface area (Å²) in [6.45, 7) is 3.46. The summed E-state index contributed by atoms with van der Waals surface area (Å²) in [6, 6.07) is 37.6. The normalized spacial score (nSPS) is 11.7. The Morgan fingerprint density at radius 2 is 1.40 bits per heavy atom. The summed E-state index contributed by atoms with van der Waals surface area (Å²) in [5, 5.41) is 19.0. The van der Waals surface area contributed by atoms with Crippen LogP contribution < -0.4 is 16.0 Å². The van der Waals surface area contributed by atoms with E-state index in [9.17, 15) is 24.5 Å². The highest BCUT2D eigenvalue weighted by Crippen LogP contribution is 2.27. The number of amides is 3. The zero-order chi connectivity index (χ0) is 34.0. The minimum Gasteiger partial charge on any atom is -0.325 e. The highest BCUT2D eigenvalue weighted by Gasteiger charge is 2.18. The maximum atomic E-state index is 13.5. The van der Waals surface area contributed by atoms with Gasteiger partial charge in [0.1, 0.15) is 5.70 Å². The lowest BCUT2D eigenvalue weighted by atomic mass is 10.0. The van der Waals surface area contributed by atoms with Gasteiger partial charge in [-0.3, -0.25) is 24.5 Å². The van der Waals surface area contributed by atoms with E-state index in [0.717, 1.165) is 21.6 Å². The van der Waals surface area contributed by atoms with Crippen LogP contribution in [0, 0.1) is 17.0 Å². The predicted octanol–water partition coefficient (Wildman–Crippen LogP) is 8.10. The van der Waals surface area contributed by atoms with Crippen molar-refractivity contribution >= 4 is 52.6 Å². The van der Waals surface area contributed by atoms with Crippen molar-refractivity contribution in [2.24, 2.45) is 0 Å². The number of aryl methyl sites for hydroxylation is 1. The van der Waals surface area contributed by atoms with Gasteiger partial charge < -0.3 is 16.0 Å². The predicted molar refractivity (Wildman–Crippen MR) is 191 cm³/mol. The van der Waals surface area contributed by atoms with Crippen LogP contribution in [-0.2, 0) is 9.59 Å². The van der Waals surface area contributed by atoms with Crippen LogP contribution in [0.3, 0.4) is 0 Å². The number of nitrogens with one attached hydrogen (secondary N) is 3. The molecule has 1 unspecified atom stereocenters. The van der Waals surface area contributed by atoms with Gasteiger partial charge in [-0.05, 0) is 84.6 Å². The third-order valence-electron chi connectivity index (χ3n) is 7.33. The van der Waals surface area contributed by atoms with E-state index in [1.54, 1.807) is 68.5 Å². The fourth-order valence-corrected chi connectivity index (χ4v) is 5.59. The molecular formula is C38H32N4O5S. The summed E-state index contributed by atoms with van der Waals surface area (Å²) in [7, 11) is 0. The Bertz CT molecular complexity index is 1960. The smallest absolute Gasteiger partial charge is 0.272 e. The molecule has 0 aliphatic rings. The van der Waals surface area contributed by atoms with Gasteiger partial charge in [0, 0.05) is 34.0 Å². The van der Waals surface area contributed by atoms with Crippen molar-refractivity contribution in [1.82, 2.24) is 5.32 Å². The number of hydrogen-bond acceptors (Lipinski definition) is 6. The van der Waals surface area contributed by atoms with E-state index in [2.05, 4.69) is 16.0 Å². The van der Waals surface area contributed by atoms with Gasteiger partial charge >= 0.3 is 0 Å². The van der Waals surface area contributed by atoms with Gasteiger partial charge in [-0.2, -0.15) is 0 Å². The van der Waals surface area contributed by atoms with Crippen molar-refractivity contribution in [2.45, 2.75) is 24.0 Å². The number of carbonyl (C=O) groups excluding carboxylic acids is 3. The molecule has 0 aliphatic carbocycles. The van der Waals surface area contributed by atoms with Crippen LogP contribution in [0.1, 0.15) is 28.4 Å². The Hall–Kier alpha value is -6.00. The van der Waals surface area contributed by atoms with Crippen LogP contribution in [0.5, 0.6) is 0 Å². The number of thioether (sulfide) groups is 1. The number of carbonyl (C=O) groups is 3. The molecule has 0 bridgehead atoms. The number of hydrogen-bond donors (Lipinski definition) is 3. The molecule has 0 aromatic heterocycles. The molecule has 48 heavy (non-hydrogen) atoms. The zero-order valence-corrected chi connectivity index (χ0v) is 27.0. The summed E-state index contributed by atoms with van der Waals surface area (Å²) in [5.41, 5.74) is 4.87. The number of nitrogens with zero attached hydrogens (tertiary/aromatic N) is 1.